The van der Waals surface area contributed by atoms with Gasteiger partial charge in [-0.15, -0.1) is 0 Å². The number of benzene rings is 2. The molecule has 1 atom stereocenters. The number of alkyl halides is 6. The Morgan fingerprint density at radius 1 is 1.00 bits per heavy atom. The molecule has 0 saturated carbocycles. The zero-order chi connectivity index (χ0) is 29.1. The summed E-state index contributed by atoms with van der Waals surface area (Å²) >= 11 is 17.4. The average Bonchev–Trinajstić information content (AvgIpc) is 2.87. The van der Waals surface area contributed by atoms with E-state index in [1.54, 1.807) is 0 Å². The van der Waals surface area contributed by atoms with Crippen molar-refractivity contribution in [1.82, 2.24) is 9.97 Å². The lowest BCUT2D eigenvalue weighted by molar-refractivity contribution is -0.140. The van der Waals surface area contributed by atoms with Crippen LogP contribution in [0.5, 0.6) is 0 Å². The zero-order valence-electron chi connectivity index (χ0n) is 19.7. The highest BCUT2D eigenvalue weighted by Gasteiger charge is 2.41. The monoisotopic (exact) mass is 613 g/mol. The summed E-state index contributed by atoms with van der Waals surface area (Å²) in [6, 6.07) is 3.38. The van der Waals surface area contributed by atoms with Gasteiger partial charge in [0.25, 0.3) is 0 Å². The number of halogens is 10. The van der Waals surface area contributed by atoms with Gasteiger partial charge in [0.2, 0.25) is 5.95 Å². The van der Waals surface area contributed by atoms with Gasteiger partial charge in [0, 0.05) is 23.5 Å². The summed E-state index contributed by atoms with van der Waals surface area (Å²) in [7, 11) is 0. The fraction of sp³-hybridized carbons (Fsp3) is 0.240. The summed E-state index contributed by atoms with van der Waals surface area (Å²) < 4.78 is 97.7. The summed E-state index contributed by atoms with van der Waals surface area (Å²) in [5.74, 6) is -5.27. The van der Waals surface area contributed by atoms with E-state index in [1.165, 1.54) is 12.4 Å². The van der Waals surface area contributed by atoms with Crippen LogP contribution in [0.15, 0.2) is 48.8 Å². The van der Waals surface area contributed by atoms with Gasteiger partial charge in [0.15, 0.2) is 5.78 Å². The van der Waals surface area contributed by atoms with Gasteiger partial charge in [-0.05, 0) is 41.8 Å². The van der Waals surface area contributed by atoms with E-state index in [4.69, 9.17) is 34.8 Å². The Balaban J connectivity index is 1.95. The van der Waals surface area contributed by atoms with Gasteiger partial charge in [-0.2, -0.15) is 26.3 Å². The largest absolute Gasteiger partial charge is 0.417 e. The van der Waals surface area contributed by atoms with Crippen LogP contribution in [0.4, 0.5) is 36.7 Å². The molecule has 0 aliphatic rings. The van der Waals surface area contributed by atoms with Crippen molar-refractivity contribution < 1.29 is 35.5 Å². The summed E-state index contributed by atoms with van der Waals surface area (Å²) in [4.78, 5) is 20.4. The lowest BCUT2D eigenvalue weighted by atomic mass is 9.95. The number of nitrogens with zero attached hydrogens (tertiary/aromatic N) is 2. The molecule has 39 heavy (non-hydrogen) atoms. The Hall–Kier alpha value is -2.89. The van der Waals surface area contributed by atoms with Gasteiger partial charge in [0.1, 0.15) is 11.7 Å². The quantitative estimate of drug-likeness (QED) is 0.156. The van der Waals surface area contributed by atoms with Crippen LogP contribution in [0.3, 0.4) is 0 Å². The predicted molar refractivity (Wildman–Crippen MR) is 135 cm³/mol. The average molecular weight is 615 g/mol. The number of carbonyl (C=O) groups is 1. The first-order valence-electron chi connectivity index (χ1n) is 11.0. The van der Waals surface area contributed by atoms with Gasteiger partial charge in [-0.3, -0.25) is 4.79 Å². The third-order valence-corrected chi connectivity index (χ3v) is 6.65. The zero-order valence-corrected chi connectivity index (χ0v) is 22.0. The van der Waals surface area contributed by atoms with E-state index in [-0.39, 0.29) is 33.2 Å². The molecule has 2 aromatic carbocycles. The molecule has 0 aliphatic carbocycles. The smallest absolute Gasteiger partial charge is 0.347 e. The van der Waals surface area contributed by atoms with Gasteiger partial charge in [-0.1, -0.05) is 53.9 Å². The molecule has 0 fully saturated rings. The van der Waals surface area contributed by atoms with Crippen LogP contribution in [-0.4, -0.2) is 28.5 Å². The van der Waals surface area contributed by atoms with E-state index in [2.05, 4.69) is 15.3 Å². The predicted octanol–water partition coefficient (Wildman–Crippen LogP) is 8.97. The fourth-order valence-electron chi connectivity index (χ4n) is 3.43. The van der Waals surface area contributed by atoms with Crippen molar-refractivity contribution in [1.29, 1.82) is 0 Å². The number of Topliss-reactive ketones (excluding diaryl/α,β-unsaturated/α-hetero) is 1. The molecular formula is C25H17Cl3F7N3O. The summed E-state index contributed by atoms with van der Waals surface area (Å²) in [5.41, 5.74) is -2.96. The molecule has 4 nitrogen and oxygen atoms in total. The van der Waals surface area contributed by atoms with Crippen molar-refractivity contribution >= 4 is 52.4 Å². The van der Waals surface area contributed by atoms with Crippen molar-refractivity contribution in [2.24, 2.45) is 0 Å². The normalized spacial score (nSPS) is 13.4. The number of carbonyl (C=O) groups excluding carboxylic acids is 1. The van der Waals surface area contributed by atoms with Crippen LogP contribution in [0, 0.1) is 0 Å². The van der Waals surface area contributed by atoms with Gasteiger partial charge in [-0.25, -0.2) is 14.4 Å². The van der Waals surface area contributed by atoms with Gasteiger partial charge < -0.3 is 5.32 Å². The van der Waals surface area contributed by atoms with E-state index in [0.717, 1.165) is 23.8 Å². The molecule has 14 heteroatoms. The second-order valence-electron chi connectivity index (χ2n) is 8.14. The summed E-state index contributed by atoms with van der Waals surface area (Å²) in [6.45, 7) is 1.24. The van der Waals surface area contributed by atoms with E-state index < -0.39 is 58.7 Å². The number of anilines is 1. The van der Waals surface area contributed by atoms with Crippen molar-refractivity contribution in [3.8, 4) is 0 Å². The molecule has 1 heterocycles. The molecule has 0 radical (unpaired) electrons. The van der Waals surface area contributed by atoms with E-state index in [0.29, 0.717) is 12.5 Å². The van der Waals surface area contributed by atoms with Crippen LogP contribution in [-0.2, 0) is 12.6 Å². The highest BCUT2D eigenvalue weighted by molar-refractivity contribution is 6.48. The minimum Gasteiger partial charge on any atom is -0.347 e. The molecule has 0 aliphatic heterocycles. The Morgan fingerprint density at radius 3 is 2.10 bits per heavy atom. The number of hydrogen-bond donors (Lipinski definition) is 1. The van der Waals surface area contributed by atoms with Crippen molar-refractivity contribution in [2.45, 2.75) is 31.6 Å². The number of aryl methyl sites for hydroxylation is 1. The minimum atomic E-state index is -5.12. The summed E-state index contributed by atoms with van der Waals surface area (Å²) in [5, 5.41) is 1.62. The maximum atomic E-state index is 15.0. The topological polar surface area (TPSA) is 54.9 Å². The maximum absolute atomic E-state index is 15.0. The highest BCUT2D eigenvalue weighted by Crippen LogP contribution is 2.42. The molecule has 3 rings (SSSR count). The van der Waals surface area contributed by atoms with Crippen LogP contribution in [0.1, 0.15) is 45.5 Å². The van der Waals surface area contributed by atoms with Crippen molar-refractivity contribution in [2.75, 3.05) is 11.9 Å². The molecule has 1 aromatic heterocycles. The Morgan fingerprint density at radius 2 is 1.59 bits per heavy atom. The van der Waals surface area contributed by atoms with Crippen molar-refractivity contribution in [3.63, 3.8) is 0 Å². The number of aromatic nitrogens is 2. The third kappa shape index (κ3) is 7.61. The Bertz CT molecular complexity index is 1370. The molecule has 1 unspecified atom stereocenters. The Labute approximate surface area is 232 Å². The number of allylic oxidation sites excluding steroid dienone is 1. The molecule has 0 saturated heterocycles. The molecular weight excluding hydrogens is 598 g/mol. The third-order valence-electron chi connectivity index (χ3n) is 5.45. The molecule has 208 valence electrons. The SMILES string of the molecule is CCc1cnc(NCC(=O)c2ccc(/C(F)=C/C(c3cc(Cl)c(Cl)c(Cl)c3)C(F)(F)F)cc2C(F)(F)F)nc1. The lowest BCUT2D eigenvalue weighted by Gasteiger charge is -2.19. The maximum Gasteiger partial charge on any atom is 0.417 e. The summed E-state index contributed by atoms with van der Waals surface area (Å²) in [6.07, 6.45) is -6.50. The lowest BCUT2D eigenvalue weighted by Crippen LogP contribution is -2.20. The Kier molecular flexibility index (Phi) is 9.51. The minimum absolute atomic E-state index is 0.000283. The first kappa shape index (κ1) is 30.6. The van der Waals surface area contributed by atoms with Crippen LogP contribution >= 0.6 is 34.8 Å². The number of hydrogen-bond acceptors (Lipinski definition) is 4. The molecule has 0 bridgehead atoms. The number of nitrogens with one attached hydrogen (secondary N) is 1. The molecule has 1 N–H and O–H groups in total. The van der Waals surface area contributed by atoms with E-state index >= 15 is 4.39 Å². The fourth-order valence-corrected chi connectivity index (χ4v) is 4.04. The van der Waals surface area contributed by atoms with E-state index in [1.807, 2.05) is 6.92 Å². The second kappa shape index (κ2) is 12.1. The highest BCUT2D eigenvalue weighted by atomic mass is 35.5. The van der Waals surface area contributed by atoms with Crippen LogP contribution in [0.25, 0.3) is 5.83 Å². The molecule has 0 spiro atoms. The van der Waals surface area contributed by atoms with Gasteiger partial charge >= 0.3 is 12.4 Å². The molecule has 0 amide bonds. The van der Waals surface area contributed by atoms with Crippen molar-refractivity contribution in [3.05, 3.63) is 91.7 Å². The first-order valence-corrected chi connectivity index (χ1v) is 12.1. The number of ketones is 1. The second-order valence-corrected chi connectivity index (χ2v) is 9.33. The van der Waals surface area contributed by atoms with Crippen LogP contribution < -0.4 is 5.32 Å². The first-order chi connectivity index (χ1) is 18.1. The van der Waals surface area contributed by atoms with E-state index in [9.17, 15) is 31.1 Å². The molecule has 3 aromatic rings. The van der Waals surface area contributed by atoms with Gasteiger partial charge in [0.05, 0.1) is 27.2 Å². The standard InChI is InChI=1S/C25H17Cl3F7N3O/c1-2-12-9-36-23(37-10-12)38-11-21(39)15-4-3-13(5-17(15)25(33,34)35)20(29)8-16(24(30,31)32)14-6-18(26)22(28)19(27)7-14/h3-10,16H,2,11H2,1H3,(H,36,37,38)/b20-8-. The number of rotatable bonds is 8. The van der Waals surface area contributed by atoms with Crippen LogP contribution in [0.2, 0.25) is 15.1 Å².